The summed E-state index contributed by atoms with van der Waals surface area (Å²) in [5.41, 5.74) is 3.95. The number of nitrogens with zero attached hydrogens (tertiary/aromatic N) is 3. The molecule has 1 saturated carbocycles. The van der Waals surface area contributed by atoms with Crippen molar-refractivity contribution in [1.82, 2.24) is 9.88 Å². The Hall–Kier alpha value is -3.01. The van der Waals surface area contributed by atoms with Crippen LogP contribution in [0.2, 0.25) is 0 Å². The number of fused-ring (bicyclic) bond motifs is 1. The summed E-state index contributed by atoms with van der Waals surface area (Å²) in [4.78, 5) is 35.6. The van der Waals surface area contributed by atoms with Crippen molar-refractivity contribution in [2.24, 2.45) is 11.8 Å². The number of aromatic nitrogens is 1. The van der Waals surface area contributed by atoms with Gasteiger partial charge in [-0.05, 0) is 88.8 Å². The van der Waals surface area contributed by atoms with Crippen LogP contribution in [-0.2, 0) is 14.3 Å². The van der Waals surface area contributed by atoms with Gasteiger partial charge in [0.2, 0.25) is 11.8 Å². The maximum absolute atomic E-state index is 13.8. The summed E-state index contributed by atoms with van der Waals surface area (Å²) in [5.74, 6) is 1.08. The highest BCUT2D eigenvalue weighted by molar-refractivity contribution is 14.2. The number of para-hydroxylation sites is 2. The number of halogens is 1. The van der Waals surface area contributed by atoms with E-state index in [0.717, 1.165) is 56.2 Å². The van der Waals surface area contributed by atoms with Crippen LogP contribution in [0.25, 0.3) is 22.6 Å². The molecule has 2 aliphatic rings. The van der Waals surface area contributed by atoms with Gasteiger partial charge in [-0.15, -0.1) is 0 Å². The molecular formula is C31H36IN3O4. The lowest BCUT2D eigenvalue weighted by Gasteiger charge is -2.37. The van der Waals surface area contributed by atoms with Crippen molar-refractivity contribution >= 4 is 53.0 Å². The molecule has 0 spiro atoms. The van der Waals surface area contributed by atoms with Gasteiger partial charge in [-0.25, -0.2) is 9.78 Å². The second kappa shape index (κ2) is 12.0. The van der Waals surface area contributed by atoms with Crippen LogP contribution in [0.15, 0.2) is 64.7 Å². The summed E-state index contributed by atoms with van der Waals surface area (Å²) in [6.07, 6.45) is 5.88. The third-order valence-corrected chi connectivity index (χ3v) is 10.3. The number of ether oxygens (including phenoxy) is 1. The van der Waals surface area contributed by atoms with Crippen LogP contribution < -0.4 is 4.90 Å². The fourth-order valence-electron chi connectivity index (χ4n) is 5.19. The number of alkyl halides is 1. The van der Waals surface area contributed by atoms with Crippen molar-refractivity contribution in [3.05, 3.63) is 60.3 Å². The smallest absolute Gasteiger partial charge is 0.342 e. The number of esters is 1. The van der Waals surface area contributed by atoms with E-state index in [4.69, 9.17) is 9.15 Å². The zero-order valence-corrected chi connectivity index (χ0v) is 25.2. The highest BCUT2D eigenvalue weighted by atomic mass is 127. The molecule has 39 heavy (non-hydrogen) atoms. The predicted octanol–water partition coefficient (Wildman–Crippen LogP) is 6.88. The van der Waals surface area contributed by atoms with Crippen molar-refractivity contribution in [2.45, 2.75) is 59.4 Å². The maximum atomic E-state index is 13.8. The topological polar surface area (TPSA) is 75.9 Å². The summed E-state index contributed by atoms with van der Waals surface area (Å²) in [6.45, 7) is 8.45. The van der Waals surface area contributed by atoms with Crippen LogP contribution in [0, 0.1) is 11.8 Å². The maximum Gasteiger partial charge on any atom is 0.342 e. The standard InChI is InChI=1S/C31H36IN3O4/c1-5-38-31(37)25-18-34(19-32-28(25)35(20(2)3)30(36)23-12-10-21(4)11-13-23)24-16-14-22(15-17-24)29-33-26-8-6-7-9-27(26)39-29/h6-9,14-18,20-21,23H,5,10-13,19H2,1-4H3. The van der Waals surface area contributed by atoms with Gasteiger partial charge >= 0.3 is 5.97 Å². The molecule has 0 bridgehead atoms. The summed E-state index contributed by atoms with van der Waals surface area (Å²) in [7, 11) is 0. The van der Waals surface area contributed by atoms with E-state index in [1.54, 1.807) is 0 Å². The van der Waals surface area contributed by atoms with Crippen molar-refractivity contribution in [3.63, 3.8) is 0 Å². The Morgan fingerprint density at radius 3 is 2.49 bits per heavy atom. The van der Waals surface area contributed by atoms with E-state index in [1.807, 2.05) is 80.4 Å². The average molecular weight is 642 g/mol. The molecule has 1 fully saturated rings. The lowest BCUT2D eigenvalue weighted by Crippen LogP contribution is -2.48. The summed E-state index contributed by atoms with van der Waals surface area (Å²) in [5, 5.41) is 0. The van der Waals surface area contributed by atoms with Gasteiger partial charge in [0.15, 0.2) is 5.58 Å². The molecule has 206 valence electrons. The second-order valence-electron chi connectivity index (χ2n) is 10.6. The first kappa shape index (κ1) is 27.6. The third-order valence-electron chi connectivity index (χ3n) is 7.39. The van der Waals surface area contributed by atoms with Crippen LogP contribution in [0.5, 0.6) is 0 Å². The number of amides is 1. The van der Waals surface area contributed by atoms with E-state index in [1.165, 1.54) is 0 Å². The average Bonchev–Trinajstić information content (AvgIpc) is 3.38. The normalized spacial score (nSPS) is 19.8. The van der Waals surface area contributed by atoms with E-state index in [9.17, 15) is 9.59 Å². The van der Waals surface area contributed by atoms with Crippen LogP contribution >= 0.6 is 20.7 Å². The van der Waals surface area contributed by atoms with Crippen LogP contribution in [0.1, 0.15) is 53.4 Å². The second-order valence-corrected chi connectivity index (χ2v) is 13.0. The van der Waals surface area contributed by atoms with Crippen LogP contribution in [0.3, 0.4) is 0 Å². The fraction of sp³-hybridized carbons (Fsp3) is 0.419. The Balaban J connectivity index is 1.41. The van der Waals surface area contributed by atoms with Gasteiger partial charge in [-0.2, -0.15) is 0 Å². The fourth-order valence-corrected chi connectivity index (χ4v) is 8.41. The largest absolute Gasteiger partial charge is 0.462 e. The molecule has 3 aromatic rings. The van der Waals surface area contributed by atoms with Crippen LogP contribution in [-0.4, -0.2) is 42.6 Å². The number of anilines is 1. The van der Waals surface area contributed by atoms with Gasteiger partial charge in [0.25, 0.3) is 0 Å². The van der Waals surface area contributed by atoms with Gasteiger partial charge in [0.05, 0.1) is 14.8 Å². The zero-order chi connectivity index (χ0) is 27.5. The number of rotatable bonds is 7. The molecule has 5 rings (SSSR count). The Morgan fingerprint density at radius 1 is 1.10 bits per heavy atom. The van der Waals surface area contributed by atoms with E-state index >= 15 is 0 Å². The number of hydrogen-bond donors (Lipinski definition) is 0. The van der Waals surface area contributed by atoms with Crippen molar-refractivity contribution in [1.29, 1.82) is 0 Å². The van der Waals surface area contributed by atoms with Gasteiger partial charge < -0.3 is 19.0 Å². The molecule has 2 aromatic carbocycles. The quantitative estimate of drug-likeness (QED) is 0.121. The zero-order valence-electron chi connectivity index (χ0n) is 23.0. The Kier molecular flexibility index (Phi) is 8.49. The number of oxazole rings is 1. The summed E-state index contributed by atoms with van der Waals surface area (Å²) >= 11 is -0.660. The van der Waals surface area contributed by atoms with E-state index in [2.05, 4.69) is 16.8 Å². The highest BCUT2D eigenvalue weighted by Crippen LogP contribution is 2.34. The molecule has 0 N–H and O–H groups in total. The van der Waals surface area contributed by atoms with Gasteiger partial charge in [-0.3, -0.25) is 4.79 Å². The molecule has 1 aliphatic heterocycles. The molecule has 0 radical (unpaired) electrons. The minimum atomic E-state index is -0.660. The minimum Gasteiger partial charge on any atom is -0.462 e. The molecule has 0 atom stereocenters. The Morgan fingerprint density at radius 2 is 1.82 bits per heavy atom. The van der Waals surface area contributed by atoms with Gasteiger partial charge in [0.1, 0.15) is 11.1 Å². The van der Waals surface area contributed by atoms with Gasteiger partial charge in [-0.1, -0.05) is 39.8 Å². The Labute approximate surface area is 240 Å². The molecule has 1 aromatic heterocycles. The summed E-state index contributed by atoms with van der Waals surface area (Å²) < 4.78 is 13.0. The van der Waals surface area contributed by atoms with Crippen LogP contribution in [0.4, 0.5) is 5.69 Å². The molecule has 0 saturated heterocycles. The lowest BCUT2D eigenvalue weighted by atomic mass is 9.82. The lowest BCUT2D eigenvalue weighted by molar-refractivity contribution is -0.138. The van der Waals surface area contributed by atoms with Crippen molar-refractivity contribution in [2.75, 3.05) is 16.1 Å². The number of hydrogen-bond acceptors (Lipinski definition) is 6. The van der Waals surface area contributed by atoms with E-state index in [0.29, 0.717) is 17.4 Å². The molecule has 1 amide bonds. The Bertz CT molecular complexity index is 1370. The molecule has 7 nitrogen and oxygen atoms in total. The predicted molar refractivity (Wildman–Crippen MR) is 164 cm³/mol. The molecule has 8 heteroatoms. The molecule has 0 unspecified atom stereocenters. The minimum absolute atomic E-state index is 0.0217. The number of carbonyl (C=O) groups is 2. The van der Waals surface area contributed by atoms with Crippen molar-refractivity contribution in [3.8, 4) is 11.5 Å². The van der Waals surface area contributed by atoms with E-state index < -0.39 is 20.7 Å². The number of benzene rings is 2. The first-order valence-corrected chi connectivity index (χ1v) is 16.4. The molecule has 2 heterocycles. The monoisotopic (exact) mass is 641 g/mol. The SMILES string of the molecule is CCOC(=O)C1=CN(c2ccc(-c3nc4ccccc4o3)cc2)CI=C1N(C(=O)C1CCC(C)CC1)C(C)C. The highest BCUT2D eigenvalue weighted by Gasteiger charge is 2.35. The van der Waals surface area contributed by atoms with E-state index in [-0.39, 0.29) is 30.4 Å². The first-order chi connectivity index (χ1) is 18.9. The third kappa shape index (κ3) is 5.95. The molecule has 1 aliphatic carbocycles. The van der Waals surface area contributed by atoms with Crippen molar-refractivity contribution < 1.29 is 18.7 Å². The first-order valence-electron chi connectivity index (χ1n) is 13.8. The number of carbonyl (C=O) groups excluding carboxylic acids is 2. The van der Waals surface area contributed by atoms with Gasteiger partial charge in [0, 0.05) is 29.4 Å². The molecular weight excluding hydrogens is 605 g/mol. The summed E-state index contributed by atoms with van der Waals surface area (Å²) in [6, 6.07) is 15.7.